The van der Waals surface area contributed by atoms with E-state index in [1.807, 2.05) is 12.1 Å². The standard InChI is InChI=1S/C18H17ClFNO2/c1-23-18(22)13-6-4-12(5-7-13)11-21-8-2-3-14-9-16(20)15(19)10-17(14)21/h4-7,9-10H,2-3,8,11H2,1H3. The number of nitrogens with zero attached hydrogens (tertiary/aromatic N) is 1. The van der Waals surface area contributed by atoms with Crippen molar-refractivity contribution in [2.45, 2.75) is 19.4 Å². The molecule has 0 unspecified atom stereocenters. The number of benzene rings is 2. The molecule has 0 saturated heterocycles. The zero-order chi connectivity index (χ0) is 16.4. The summed E-state index contributed by atoms with van der Waals surface area (Å²) in [6.07, 6.45) is 1.84. The fourth-order valence-corrected chi connectivity index (χ4v) is 3.06. The van der Waals surface area contributed by atoms with E-state index in [1.165, 1.54) is 13.2 Å². The van der Waals surface area contributed by atoms with Crippen LogP contribution in [0.5, 0.6) is 0 Å². The number of fused-ring (bicyclic) bond motifs is 1. The Hall–Kier alpha value is -2.07. The molecule has 120 valence electrons. The number of esters is 1. The molecule has 0 N–H and O–H groups in total. The largest absolute Gasteiger partial charge is 0.465 e. The van der Waals surface area contributed by atoms with E-state index in [4.69, 9.17) is 16.3 Å². The van der Waals surface area contributed by atoms with E-state index in [-0.39, 0.29) is 16.8 Å². The van der Waals surface area contributed by atoms with Crippen LogP contribution in [0.25, 0.3) is 0 Å². The summed E-state index contributed by atoms with van der Waals surface area (Å²) in [5.41, 5.74) is 3.58. The van der Waals surface area contributed by atoms with E-state index in [1.54, 1.807) is 18.2 Å². The third-order valence-corrected chi connectivity index (χ3v) is 4.37. The summed E-state index contributed by atoms with van der Waals surface area (Å²) < 4.78 is 18.3. The maximum absolute atomic E-state index is 13.6. The molecule has 0 amide bonds. The Bertz CT molecular complexity index is 731. The number of halogens is 2. The van der Waals surface area contributed by atoms with E-state index in [9.17, 15) is 9.18 Å². The van der Waals surface area contributed by atoms with E-state index in [2.05, 4.69) is 4.90 Å². The molecule has 0 atom stereocenters. The topological polar surface area (TPSA) is 29.5 Å². The molecule has 3 rings (SSSR count). The van der Waals surface area contributed by atoms with Crippen LogP contribution in [0.3, 0.4) is 0 Å². The average Bonchev–Trinajstić information content (AvgIpc) is 2.56. The normalized spacial score (nSPS) is 13.6. The van der Waals surface area contributed by atoms with Gasteiger partial charge in [0.2, 0.25) is 0 Å². The van der Waals surface area contributed by atoms with Crippen LogP contribution in [0.15, 0.2) is 36.4 Å². The molecule has 0 aromatic heterocycles. The Kier molecular flexibility index (Phi) is 4.53. The highest BCUT2D eigenvalue weighted by Gasteiger charge is 2.19. The summed E-state index contributed by atoms with van der Waals surface area (Å²) in [4.78, 5) is 13.7. The molecule has 2 aromatic rings. The molecule has 2 aromatic carbocycles. The smallest absolute Gasteiger partial charge is 0.337 e. The van der Waals surface area contributed by atoms with E-state index < -0.39 is 0 Å². The molecule has 3 nitrogen and oxygen atoms in total. The Balaban J connectivity index is 1.82. The first-order valence-corrected chi connectivity index (χ1v) is 7.86. The van der Waals surface area contributed by atoms with Gasteiger partial charge in [0.05, 0.1) is 17.7 Å². The molecule has 0 radical (unpaired) electrons. The van der Waals surface area contributed by atoms with Crippen molar-refractivity contribution in [3.63, 3.8) is 0 Å². The molecule has 1 aliphatic heterocycles. The summed E-state index contributed by atoms with van der Waals surface area (Å²) >= 11 is 5.93. The van der Waals surface area contributed by atoms with E-state index in [0.29, 0.717) is 12.1 Å². The molecule has 0 saturated carbocycles. The minimum atomic E-state index is -0.366. The first-order valence-electron chi connectivity index (χ1n) is 7.48. The quantitative estimate of drug-likeness (QED) is 0.788. The van der Waals surface area contributed by atoms with Crippen LogP contribution in [-0.4, -0.2) is 19.6 Å². The van der Waals surface area contributed by atoms with Gasteiger partial charge in [0.1, 0.15) is 5.82 Å². The maximum Gasteiger partial charge on any atom is 0.337 e. The molecule has 5 heteroatoms. The third-order valence-electron chi connectivity index (χ3n) is 4.08. The van der Waals surface area contributed by atoms with E-state index in [0.717, 1.165) is 36.2 Å². The molecule has 0 bridgehead atoms. The van der Waals surface area contributed by atoms with Gasteiger partial charge in [-0.2, -0.15) is 0 Å². The van der Waals surface area contributed by atoms with Gasteiger partial charge in [-0.05, 0) is 48.2 Å². The molecule has 23 heavy (non-hydrogen) atoms. The van der Waals surface area contributed by atoms with Crippen molar-refractivity contribution in [3.8, 4) is 0 Å². The summed E-state index contributed by atoms with van der Waals surface area (Å²) in [7, 11) is 1.36. The molecule has 1 heterocycles. The van der Waals surface area contributed by atoms with Gasteiger partial charge in [-0.25, -0.2) is 9.18 Å². The average molecular weight is 334 g/mol. The predicted molar refractivity (Wildman–Crippen MR) is 88.6 cm³/mol. The number of ether oxygens (including phenoxy) is 1. The maximum atomic E-state index is 13.6. The van der Waals surface area contributed by atoms with Gasteiger partial charge in [0.15, 0.2) is 0 Å². The number of hydrogen-bond donors (Lipinski definition) is 0. The van der Waals surface area contributed by atoms with Crippen molar-refractivity contribution in [3.05, 3.63) is 63.9 Å². The van der Waals surface area contributed by atoms with Crippen LogP contribution in [0.2, 0.25) is 5.02 Å². The lowest BCUT2D eigenvalue weighted by molar-refractivity contribution is 0.0600. The van der Waals surface area contributed by atoms with Crippen LogP contribution in [0.1, 0.15) is 27.9 Å². The molecule has 0 spiro atoms. The van der Waals surface area contributed by atoms with Crippen LogP contribution >= 0.6 is 11.6 Å². The second-order valence-corrected chi connectivity index (χ2v) is 6.02. The number of aryl methyl sites for hydroxylation is 1. The Morgan fingerprint density at radius 1 is 1.30 bits per heavy atom. The Morgan fingerprint density at radius 2 is 2.04 bits per heavy atom. The van der Waals surface area contributed by atoms with Crippen LogP contribution in [0, 0.1) is 5.82 Å². The summed E-state index contributed by atoms with van der Waals surface area (Å²) in [6, 6.07) is 10.6. The molecule has 1 aliphatic rings. The zero-order valence-corrected chi connectivity index (χ0v) is 13.6. The summed E-state index contributed by atoms with van der Waals surface area (Å²) in [5, 5.41) is 0.150. The van der Waals surface area contributed by atoms with Crippen molar-refractivity contribution in [1.29, 1.82) is 0 Å². The Morgan fingerprint density at radius 3 is 2.74 bits per heavy atom. The Labute approximate surface area is 139 Å². The lowest BCUT2D eigenvalue weighted by atomic mass is 10.0. The molecular formula is C18H17ClFNO2. The summed E-state index contributed by atoms with van der Waals surface area (Å²) in [5.74, 6) is -0.711. The summed E-state index contributed by atoms with van der Waals surface area (Å²) in [6.45, 7) is 1.59. The highest BCUT2D eigenvalue weighted by atomic mass is 35.5. The van der Waals surface area contributed by atoms with Crippen molar-refractivity contribution in [1.82, 2.24) is 0 Å². The van der Waals surface area contributed by atoms with Crippen molar-refractivity contribution in [2.75, 3.05) is 18.6 Å². The number of carbonyl (C=O) groups is 1. The molecular weight excluding hydrogens is 317 g/mol. The number of anilines is 1. The number of rotatable bonds is 3. The fourth-order valence-electron chi connectivity index (χ4n) is 2.90. The minimum absolute atomic E-state index is 0.150. The first kappa shape index (κ1) is 15.8. The van der Waals surface area contributed by atoms with Crippen molar-refractivity contribution < 1.29 is 13.9 Å². The monoisotopic (exact) mass is 333 g/mol. The lowest BCUT2D eigenvalue weighted by Gasteiger charge is -2.31. The second kappa shape index (κ2) is 6.59. The van der Waals surface area contributed by atoms with E-state index >= 15 is 0 Å². The van der Waals surface area contributed by atoms with Crippen LogP contribution in [0.4, 0.5) is 10.1 Å². The molecule has 0 fully saturated rings. The van der Waals surface area contributed by atoms with Gasteiger partial charge < -0.3 is 9.64 Å². The van der Waals surface area contributed by atoms with Gasteiger partial charge in [0, 0.05) is 18.8 Å². The van der Waals surface area contributed by atoms with Gasteiger partial charge in [0.25, 0.3) is 0 Å². The fraction of sp³-hybridized carbons (Fsp3) is 0.278. The number of carbonyl (C=O) groups excluding carboxylic acids is 1. The minimum Gasteiger partial charge on any atom is -0.465 e. The molecule has 0 aliphatic carbocycles. The van der Waals surface area contributed by atoms with Gasteiger partial charge in [-0.3, -0.25) is 0 Å². The lowest BCUT2D eigenvalue weighted by Crippen LogP contribution is -2.29. The van der Waals surface area contributed by atoms with Crippen molar-refractivity contribution >= 4 is 23.3 Å². The SMILES string of the molecule is COC(=O)c1ccc(CN2CCCc3cc(F)c(Cl)cc32)cc1. The second-order valence-electron chi connectivity index (χ2n) is 5.61. The van der Waals surface area contributed by atoms with Crippen molar-refractivity contribution in [2.24, 2.45) is 0 Å². The number of methoxy groups -OCH3 is 1. The highest BCUT2D eigenvalue weighted by molar-refractivity contribution is 6.31. The first-order chi connectivity index (χ1) is 11.1. The van der Waals surface area contributed by atoms with Crippen LogP contribution < -0.4 is 4.90 Å². The zero-order valence-electron chi connectivity index (χ0n) is 12.8. The number of hydrogen-bond acceptors (Lipinski definition) is 3. The van der Waals surface area contributed by atoms with Gasteiger partial charge >= 0.3 is 5.97 Å². The predicted octanol–water partition coefficient (Wildman–Crippen LogP) is 4.22. The highest BCUT2D eigenvalue weighted by Crippen LogP contribution is 2.32. The van der Waals surface area contributed by atoms with Gasteiger partial charge in [-0.1, -0.05) is 23.7 Å². The van der Waals surface area contributed by atoms with Gasteiger partial charge in [-0.15, -0.1) is 0 Å². The third kappa shape index (κ3) is 3.32. The van der Waals surface area contributed by atoms with Crippen LogP contribution in [-0.2, 0) is 17.7 Å².